The van der Waals surface area contributed by atoms with Crippen molar-refractivity contribution < 1.29 is 14.3 Å². The first-order chi connectivity index (χ1) is 9.06. The highest BCUT2D eigenvalue weighted by Gasteiger charge is 2.19. The monoisotopic (exact) mass is 283 g/mol. The number of ketones is 1. The molecule has 1 fully saturated rings. The minimum atomic E-state index is -0.0563. The summed E-state index contributed by atoms with van der Waals surface area (Å²) in [5.74, 6) is 0.507. The normalized spacial score (nSPS) is 20.3. The summed E-state index contributed by atoms with van der Waals surface area (Å²) in [4.78, 5) is 13.7. The van der Waals surface area contributed by atoms with Crippen LogP contribution in [0, 0.1) is 0 Å². The standard InChI is InChI=1S/C14H18ClNO3/c1-10(17)13-7-11(15)3-4-14(13)19-9-12-8-16(2)5-6-18-12/h3-4,7,12H,5-6,8-9H2,1-2H3. The smallest absolute Gasteiger partial charge is 0.163 e. The van der Waals surface area contributed by atoms with Crippen molar-refractivity contribution in [3.05, 3.63) is 28.8 Å². The Morgan fingerprint density at radius 2 is 2.37 bits per heavy atom. The fourth-order valence-electron chi connectivity index (χ4n) is 2.05. The maximum atomic E-state index is 11.5. The van der Waals surface area contributed by atoms with E-state index in [1.165, 1.54) is 6.92 Å². The quantitative estimate of drug-likeness (QED) is 0.795. The van der Waals surface area contributed by atoms with Crippen molar-refractivity contribution in [1.29, 1.82) is 0 Å². The number of hydrogen-bond donors (Lipinski definition) is 0. The van der Waals surface area contributed by atoms with E-state index in [2.05, 4.69) is 11.9 Å². The SMILES string of the molecule is CC(=O)c1cc(Cl)ccc1OCC1CN(C)CCO1. The van der Waals surface area contributed by atoms with Crippen LogP contribution < -0.4 is 4.74 Å². The van der Waals surface area contributed by atoms with E-state index in [1.54, 1.807) is 18.2 Å². The average molecular weight is 284 g/mol. The van der Waals surface area contributed by atoms with Crippen LogP contribution in [0.3, 0.4) is 0 Å². The maximum absolute atomic E-state index is 11.5. The van der Waals surface area contributed by atoms with E-state index < -0.39 is 0 Å². The Hall–Kier alpha value is -1.10. The van der Waals surface area contributed by atoms with Gasteiger partial charge in [0, 0.05) is 18.1 Å². The van der Waals surface area contributed by atoms with Crippen molar-refractivity contribution in [3.63, 3.8) is 0 Å². The minimum absolute atomic E-state index is 0.0363. The van der Waals surface area contributed by atoms with Gasteiger partial charge in [-0.15, -0.1) is 0 Å². The maximum Gasteiger partial charge on any atom is 0.163 e. The molecule has 104 valence electrons. The van der Waals surface area contributed by atoms with E-state index in [4.69, 9.17) is 21.1 Å². The van der Waals surface area contributed by atoms with Crippen molar-refractivity contribution in [2.24, 2.45) is 0 Å². The number of carbonyl (C=O) groups excluding carboxylic acids is 1. The number of morpholine rings is 1. The van der Waals surface area contributed by atoms with E-state index in [0.29, 0.717) is 29.5 Å². The van der Waals surface area contributed by atoms with Crippen LogP contribution in [0.4, 0.5) is 0 Å². The van der Waals surface area contributed by atoms with Gasteiger partial charge in [0.15, 0.2) is 5.78 Å². The molecule has 1 heterocycles. The summed E-state index contributed by atoms with van der Waals surface area (Å²) >= 11 is 5.89. The lowest BCUT2D eigenvalue weighted by atomic mass is 10.1. The Morgan fingerprint density at radius 3 is 3.05 bits per heavy atom. The van der Waals surface area contributed by atoms with Gasteiger partial charge in [-0.2, -0.15) is 0 Å². The van der Waals surface area contributed by atoms with Gasteiger partial charge in [0.2, 0.25) is 0 Å². The molecule has 1 aliphatic rings. The second-order valence-corrected chi connectivity index (χ2v) is 5.20. The third-order valence-electron chi connectivity index (χ3n) is 3.09. The van der Waals surface area contributed by atoms with E-state index >= 15 is 0 Å². The van der Waals surface area contributed by atoms with Gasteiger partial charge < -0.3 is 14.4 Å². The molecular weight excluding hydrogens is 266 g/mol. The molecule has 0 aliphatic carbocycles. The number of carbonyl (C=O) groups is 1. The molecule has 0 aromatic heterocycles. The molecule has 0 amide bonds. The predicted molar refractivity (Wildman–Crippen MR) is 74.2 cm³/mol. The average Bonchev–Trinajstić information content (AvgIpc) is 2.37. The third-order valence-corrected chi connectivity index (χ3v) is 3.32. The van der Waals surface area contributed by atoms with Crippen LogP contribution in [0.25, 0.3) is 0 Å². The lowest BCUT2D eigenvalue weighted by Crippen LogP contribution is -2.42. The highest BCUT2D eigenvalue weighted by atomic mass is 35.5. The molecule has 0 N–H and O–H groups in total. The molecular formula is C14H18ClNO3. The zero-order valence-electron chi connectivity index (χ0n) is 11.2. The van der Waals surface area contributed by atoms with E-state index in [-0.39, 0.29) is 11.9 Å². The number of hydrogen-bond acceptors (Lipinski definition) is 4. The predicted octanol–water partition coefficient (Wildman–Crippen LogP) is 2.25. The molecule has 1 unspecified atom stereocenters. The van der Waals surface area contributed by atoms with Crippen LogP contribution in [0.2, 0.25) is 5.02 Å². The van der Waals surface area contributed by atoms with Crippen LogP contribution >= 0.6 is 11.6 Å². The number of nitrogens with zero attached hydrogens (tertiary/aromatic N) is 1. The van der Waals surface area contributed by atoms with Crippen molar-refractivity contribution in [2.45, 2.75) is 13.0 Å². The van der Waals surface area contributed by atoms with Gasteiger partial charge in [0.25, 0.3) is 0 Å². The number of benzene rings is 1. The fourth-order valence-corrected chi connectivity index (χ4v) is 2.23. The second-order valence-electron chi connectivity index (χ2n) is 4.76. The molecule has 1 aromatic carbocycles. The van der Waals surface area contributed by atoms with Gasteiger partial charge in [0.1, 0.15) is 18.5 Å². The zero-order chi connectivity index (χ0) is 13.8. The van der Waals surface area contributed by atoms with Gasteiger partial charge >= 0.3 is 0 Å². The number of Topliss-reactive ketones (excluding diaryl/α,β-unsaturated/α-hetero) is 1. The molecule has 0 spiro atoms. The summed E-state index contributed by atoms with van der Waals surface area (Å²) < 4.78 is 11.3. The van der Waals surface area contributed by atoms with Gasteiger partial charge in [-0.3, -0.25) is 4.79 Å². The highest BCUT2D eigenvalue weighted by molar-refractivity contribution is 6.31. The third kappa shape index (κ3) is 3.93. The number of halogens is 1. The Bertz CT molecular complexity index is 464. The van der Waals surface area contributed by atoms with Crippen LogP contribution in [-0.4, -0.2) is 50.1 Å². The lowest BCUT2D eigenvalue weighted by molar-refractivity contribution is -0.0404. The van der Waals surface area contributed by atoms with Gasteiger partial charge in [-0.05, 0) is 32.2 Å². The summed E-state index contributed by atoms with van der Waals surface area (Å²) in [6, 6.07) is 5.08. The van der Waals surface area contributed by atoms with Crippen LogP contribution in [0.1, 0.15) is 17.3 Å². The summed E-state index contributed by atoms with van der Waals surface area (Å²) in [6.45, 7) is 4.43. The molecule has 1 aromatic rings. The van der Waals surface area contributed by atoms with Gasteiger partial charge in [-0.1, -0.05) is 11.6 Å². The Morgan fingerprint density at radius 1 is 1.58 bits per heavy atom. The van der Waals surface area contributed by atoms with Crippen molar-refractivity contribution in [1.82, 2.24) is 4.90 Å². The topological polar surface area (TPSA) is 38.8 Å². The first kappa shape index (κ1) is 14.3. The van der Waals surface area contributed by atoms with Crippen LogP contribution in [0.15, 0.2) is 18.2 Å². The zero-order valence-corrected chi connectivity index (χ0v) is 11.9. The van der Waals surface area contributed by atoms with Crippen molar-refractivity contribution in [3.8, 4) is 5.75 Å². The molecule has 4 nitrogen and oxygen atoms in total. The highest BCUT2D eigenvalue weighted by Crippen LogP contribution is 2.23. The molecule has 1 atom stereocenters. The molecule has 0 bridgehead atoms. The summed E-state index contributed by atoms with van der Waals surface area (Å²) in [6.07, 6.45) is 0.0363. The molecule has 0 radical (unpaired) electrons. The largest absolute Gasteiger partial charge is 0.490 e. The molecule has 0 saturated carbocycles. The first-order valence-electron chi connectivity index (χ1n) is 6.29. The lowest BCUT2D eigenvalue weighted by Gasteiger charge is -2.30. The number of rotatable bonds is 4. The minimum Gasteiger partial charge on any atom is -0.490 e. The Labute approximate surface area is 118 Å². The Kier molecular flexibility index (Phi) is 4.80. The summed E-state index contributed by atoms with van der Waals surface area (Å²) in [5.41, 5.74) is 0.511. The van der Waals surface area contributed by atoms with E-state index in [9.17, 15) is 4.79 Å². The van der Waals surface area contributed by atoms with E-state index in [0.717, 1.165) is 13.1 Å². The summed E-state index contributed by atoms with van der Waals surface area (Å²) in [7, 11) is 2.05. The van der Waals surface area contributed by atoms with Crippen LogP contribution in [0.5, 0.6) is 5.75 Å². The molecule has 19 heavy (non-hydrogen) atoms. The molecule has 5 heteroatoms. The summed E-state index contributed by atoms with van der Waals surface area (Å²) in [5, 5.41) is 0.534. The molecule has 1 saturated heterocycles. The van der Waals surface area contributed by atoms with E-state index in [1.807, 2.05) is 0 Å². The van der Waals surface area contributed by atoms with Gasteiger partial charge in [-0.25, -0.2) is 0 Å². The number of likely N-dealkylation sites (N-methyl/N-ethyl adjacent to an activating group) is 1. The molecule has 1 aliphatic heterocycles. The van der Waals surface area contributed by atoms with Gasteiger partial charge in [0.05, 0.1) is 12.2 Å². The number of ether oxygens (including phenoxy) is 2. The first-order valence-corrected chi connectivity index (χ1v) is 6.67. The fraction of sp³-hybridized carbons (Fsp3) is 0.500. The Balaban J connectivity index is 2.01. The van der Waals surface area contributed by atoms with Crippen LogP contribution in [-0.2, 0) is 4.74 Å². The van der Waals surface area contributed by atoms with Crippen molar-refractivity contribution >= 4 is 17.4 Å². The molecule has 2 rings (SSSR count). The van der Waals surface area contributed by atoms with Crippen molar-refractivity contribution in [2.75, 3.05) is 33.4 Å². The second kappa shape index (κ2) is 6.37.